The van der Waals surface area contributed by atoms with Crippen LogP contribution in [0.1, 0.15) is 25.3 Å². The largest absolute Gasteiger partial charge is 0.329 e. The van der Waals surface area contributed by atoms with E-state index in [1.807, 2.05) is 0 Å². The molecule has 0 aliphatic heterocycles. The lowest BCUT2D eigenvalue weighted by molar-refractivity contribution is 0.317. The molecule has 0 spiro atoms. The van der Waals surface area contributed by atoms with Crippen LogP contribution in [0.3, 0.4) is 0 Å². The number of rotatable bonds is 5. The summed E-state index contributed by atoms with van der Waals surface area (Å²) in [5.41, 5.74) is 6.79. The van der Waals surface area contributed by atoms with E-state index in [1.165, 1.54) is 18.9 Å². The normalized spacial score (nSPS) is 18.0. The fourth-order valence-electron chi connectivity index (χ4n) is 2.06. The van der Waals surface area contributed by atoms with E-state index < -0.39 is 0 Å². The minimum atomic E-state index is -0.376. The molecule has 1 aliphatic carbocycles. The van der Waals surface area contributed by atoms with Crippen LogP contribution in [0.4, 0.5) is 4.39 Å². The zero-order valence-corrected chi connectivity index (χ0v) is 12.0. The Morgan fingerprint density at radius 1 is 1.50 bits per heavy atom. The fourth-order valence-corrected chi connectivity index (χ4v) is 2.26. The summed E-state index contributed by atoms with van der Waals surface area (Å²) >= 11 is 5.75. The summed E-state index contributed by atoms with van der Waals surface area (Å²) in [6.45, 7) is 3.44. The van der Waals surface area contributed by atoms with Crippen LogP contribution >= 0.6 is 24.0 Å². The molecular weight excluding hydrogens is 274 g/mol. The van der Waals surface area contributed by atoms with Crippen LogP contribution in [0.5, 0.6) is 0 Å². The van der Waals surface area contributed by atoms with E-state index in [0.717, 1.165) is 5.56 Å². The van der Waals surface area contributed by atoms with Crippen molar-refractivity contribution in [1.82, 2.24) is 5.32 Å². The predicted octanol–water partition coefficient (Wildman–Crippen LogP) is 3.12. The zero-order valence-electron chi connectivity index (χ0n) is 10.4. The zero-order chi connectivity index (χ0) is 12.5. The summed E-state index contributed by atoms with van der Waals surface area (Å²) in [7, 11) is 0. The Kier molecular flexibility index (Phi) is 5.41. The van der Waals surface area contributed by atoms with Gasteiger partial charge in [0.25, 0.3) is 0 Å². The Bertz CT molecular complexity index is 410. The second-order valence-electron chi connectivity index (χ2n) is 5.00. The Morgan fingerprint density at radius 3 is 2.67 bits per heavy atom. The summed E-state index contributed by atoms with van der Waals surface area (Å²) in [5.74, 6) is 0.294. The van der Waals surface area contributed by atoms with Crippen LogP contribution in [-0.4, -0.2) is 12.1 Å². The number of hydrogen-bond acceptors (Lipinski definition) is 2. The van der Waals surface area contributed by atoms with Gasteiger partial charge in [0.1, 0.15) is 5.82 Å². The standard InChI is InChI=1S/C13H18ClFN2.ClH/c1-13(8-16,10-3-4-10)17-7-9-2-5-12(15)11(14)6-9;/h2,5-6,10,17H,3-4,7-8,16H2,1H3;1H. The van der Waals surface area contributed by atoms with Crippen molar-refractivity contribution >= 4 is 24.0 Å². The maximum atomic E-state index is 13.0. The van der Waals surface area contributed by atoms with E-state index in [1.54, 1.807) is 12.1 Å². The van der Waals surface area contributed by atoms with Crippen LogP contribution in [0.15, 0.2) is 18.2 Å². The minimum absolute atomic E-state index is 0. The van der Waals surface area contributed by atoms with E-state index in [-0.39, 0.29) is 28.8 Å². The molecule has 2 nitrogen and oxygen atoms in total. The number of benzene rings is 1. The van der Waals surface area contributed by atoms with Gasteiger partial charge in [-0.2, -0.15) is 0 Å². The van der Waals surface area contributed by atoms with Crippen molar-refractivity contribution in [2.75, 3.05) is 6.54 Å². The highest BCUT2D eigenvalue weighted by atomic mass is 35.5. The monoisotopic (exact) mass is 292 g/mol. The lowest BCUT2D eigenvalue weighted by atomic mass is 9.95. The first-order valence-corrected chi connectivity index (χ1v) is 6.32. The average molecular weight is 293 g/mol. The lowest BCUT2D eigenvalue weighted by Crippen LogP contribution is -2.50. The highest BCUT2D eigenvalue weighted by Gasteiger charge is 2.39. The van der Waals surface area contributed by atoms with Gasteiger partial charge in [0, 0.05) is 18.6 Å². The van der Waals surface area contributed by atoms with Gasteiger partial charge in [-0.3, -0.25) is 0 Å². The quantitative estimate of drug-likeness (QED) is 0.875. The molecule has 0 saturated heterocycles. The van der Waals surface area contributed by atoms with Gasteiger partial charge in [0.2, 0.25) is 0 Å². The van der Waals surface area contributed by atoms with Gasteiger partial charge in [-0.15, -0.1) is 12.4 Å². The third kappa shape index (κ3) is 3.58. The highest BCUT2D eigenvalue weighted by molar-refractivity contribution is 6.30. The summed E-state index contributed by atoms with van der Waals surface area (Å²) in [4.78, 5) is 0. The van der Waals surface area contributed by atoms with Gasteiger partial charge in [0.15, 0.2) is 0 Å². The topological polar surface area (TPSA) is 38.0 Å². The molecule has 2 rings (SSSR count). The maximum absolute atomic E-state index is 13.0. The van der Waals surface area contributed by atoms with E-state index in [9.17, 15) is 4.39 Å². The van der Waals surface area contributed by atoms with Crippen LogP contribution in [-0.2, 0) is 6.54 Å². The van der Waals surface area contributed by atoms with Crippen molar-refractivity contribution in [1.29, 1.82) is 0 Å². The second kappa shape index (κ2) is 6.20. The summed E-state index contributed by atoms with van der Waals surface area (Å²) in [5, 5.41) is 3.64. The maximum Gasteiger partial charge on any atom is 0.141 e. The summed E-state index contributed by atoms with van der Waals surface area (Å²) in [6.07, 6.45) is 2.48. The van der Waals surface area contributed by atoms with Gasteiger partial charge in [0.05, 0.1) is 5.02 Å². The number of hydrogen-bond donors (Lipinski definition) is 2. The molecule has 0 bridgehead atoms. The molecular formula is C13H19Cl2FN2. The van der Waals surface area contributed by atoms with Gasteiger partial charge in [-0.1, -0.05) is 17.7 Å². The van der Waals surface area contributed by atoms with Crippen LogP contribution < -0.4 is 11.1 Å². The van der Waals surface area contributed by atoms with Crippen molar-refractivity contribution in [3.05, 3.63) is 34.6 Å². The van der Waals surface area contributed by atoms with E-state index in [0.29, 0.717) is 19.0 Å². The van der Waals surface area contributed by atoms with E-state index >= 15 is 0 Å². The number of nitrogens with one attached hydrogen (secondary N) is 1. The van der Waals surface area contributed by atoms with Gasteiger partial charge in [-0.25, -0.2) is 4.39 Å². The fraction of sp³-hybridized carbons (Fsp3) is 0.538. The van der Waals surface area contributed by atoms with Gasteiger partial charge in [-0.05, 0) is 43.4 Å². The van der Waals surface area contributed by atoms with Crippen molar-refractivity contribution in [2.45, 2.75) is 31.8 Å². The summed E-state index contributed by atoms with van der Waals surface area (Å²) in [6, 6.07) is 4.81. The SMILES string of the molecule is CC(CN)(NCc1ccc(F)c(Cl)c1)C1CC1.Cl. The summed E-state index contributed by atoms with van der Waals surface area (Å²) < 4.78 is 13.0. The number of halogens is 3. The Labute approximate surface area is 118 Å². The highest BCUT2D eigenvalue weighted by Crippen LogP contribution is 2.39. The van der Waals surface area contributed by atoms with E-state index in [4.69, 9.17) is 17.3 Å². The second-order valence-corrected chi connectivity index (χ2v) is 5.41. The van der Waals surface area contributed by atoms with E-state index in [2.05, 4.69) is 12.2 Å². The third-order valence-corrected chi connectivity index (χ3v) is 3.87. The number of nitrogens with two attached hydrogens (primary N) is 1. The Balaban J connectivity index is 0.00000162. The molecule has 1 atom stereocenters. The van der Waals surface area contributed by atoms with Crippen molar-refractivity contribution < 1.29 is 4.39 Å². The molecule has 0 amide bonds. The molecule has 1 aliphatic rings. The van der Waals surface area contributed by atoms with Crippen molar-refractivity contribution in [2.24, 2.45) is 11.7 Å². The molecule has 1 aromatic rings. The first kappa shape index (κ1) is 15.7. The molecule has 0 aromatic heterocycles. The average Bonchev–Trinajstić information content (AvgIpc) is 3.14. The van der Waals surface area contributed by atoms with Crippen molar-refractivity contribution in [3.8, 4) is 0 Å². The molecule has 0 radical (unpaired) electrons. The molecule has 1 aromatic carbocycles. The molecule has 18 heavy (non-hydrogen) atoms. The Morgan fingerprint density at radius 2 is 2.17 bits per heavy atom. The molecule has 1 fully saturated rings. The van der Waals surface area contributed by atoms with Crippen LogP contribution in [0, 0.1) is 11.7 Å². The van der Waals surface area contributed by atoms with Gasteiger partial charge >= 0.3 is 0 Å². The third-order valence-electron chi connectivity index (χ3n) is 3.58. The molecule has 1 unspecified atom stereocenters. The molecule has 5 heteroatoms. The smallest absolute Gasteiger partial charge is 0.141 e. The van der Waals surface area contributed by atoms with Crippen molar-refractivity contribution in [3.63, 3.8) is 0 Å². The molecule has 3 N–H and O–H groups in total. The van der Waals surface area contributed by atoms with Crippen LogP contribution in [0.2, 0.25) is 5.02 Å². The lowest BCUT2D eigenvalue weighted by Gasteiger charge is -2.29. The minimum Gasteiger partial charge on any atom is -0.329 e. The van der Waals surface area contributed by atoms with Crippen LogP contribution in [0.25, 0.3) is 0 Å². The first-order chi connectivity index (χ1) is 8.05. The Hall–Kier alpha value is -0.350. The molecule has 0 heterocycles. The van der Waals surface area contributed by atoms with Gasteiger partial charge < -0.3 is 11.1 Å². The molecule has 102 valence electrons. The molecule has 1 saturated carbocycles. The predicted molar refractivity (Wildman–Crippen MR) is 75.7 cm³/mol. The first-order valence-electron chi connectivity index (χ1n) is 5.94.